The van der Waals surface area contributed by atoms with Gasteiger partial charge in [0.2, 0.25) is 0 Å². The van der Waals surface area contributed by atoms with Crippen LogP contribution in [0.15, 0.2) is 24.4 Å². The quantitative estimate of drug-likeness (QED) is 0.737. The van der Waals surface area contributed by atoms with E-state index in [1.54, 1.807) is 18.2 Å². The molecule has 10 heteroatoms. The van der Waals surface area contributed by atoms with Crippen LogP contribution in [-0.4, -0.2) is 36.2 Å². The maximum Gasteiger partial charge on any atom is 0.359 e. The molecule has 1 aromatic carbocycles. The van der Waals surface area contributed by atoms with Gasteiger partial charge in [-0.25, -0.2) is 9.78 Å². The predicted molar refractivity (Wildman–Crippen MR) is 100 cm³/mol. The van der Waals surface area contributed by atoms with Gasteiger partial charge in [0.1, 0.15) is 13.2 Å². The van der Waals surface area contributed by atoms with Crippen molar-refractivity contribution in [3.63, 3.8) is 0 Å². The lowest BCUT2D eigenvalue weighted by molar-refractivity contribution is -0.123. The first-order valence-electron chi connectivity index (χ1n) is 7.78. The standard InChI is InChI=1S/C17H13Cl3N2O5/c1-8(27-17(24)15-14(20)13(19)10(18)7-21-15)16(23)22-9-2-3-11-12(6-9)26-5-4-25-11/h2-3,6-8H,4-5H2,1H3,(H,22,23)/t8-/m0/s1. The lowest BCUT2D eigenvalue weighted by Crippen LogP contribution is -2.30. The van der Waals surface area contributed by atoms with Crippen LogP contribution >= 0.6 is 34.8 Å². The predicted octanol–water partition coefficient (Wildman–Crippen LogP) is 4.00. The number of nitrogens with one attached hydrogen (secondary N) is 1. The molecule has 1 atom stereocenters. The fraction of sp³-hybridized carbons (Fsp3) is 0.235. The summed E-state index contributed by atoms with van der Waals surface area (Å²) >= 11 is 17.6. The molecule has 1 amide bonds. The summed E-state index contributed by atoms with van der Waals surface area (Å²) in [6.45, 7) is 2.31. The maximum absolute atomic E-state index is 12.3. The molecule has 142 valence electrons. The number of pyridine rings is 1. The van der Waals surface area contributed by atoms with Crippen LogP contribution < -0.4 is 14.8 Å². The van der Waals surface area contributed by atoms with Gasteiger partial charge in [-0.05, 0) is 19.1 Å². The lowest BCUT2D eigenvalue weighted by atomic mass is 10.2. The van der Waals surface area contributed by atoms with Crippen molar-refractivity contribution in [2.45, 2.75) is 13.0 Å². The number of benzene rings is 1. The Morgan fingerprint density at radius 3 is 2.59 bits per heavy atom. The minimum Gasteiger partial charge on any atom is -0.486 e. The smallest absolute Gasteiger partial charge is 0.359 e. The molecule has 0 unspecified atom stereocenters. The largest absolute Gasteiger partial charge is 0.486 e. The van der Waals surface area contributed by atoms with Crippen molar-refractivity contribution in [2.24, 2.45) is 0 Å². The molecule has 1 aliphatic rings. The Morgan fingerprint density at radius 1 is 1.15 bits per heavy atom. The van der Waals surface area contributed by atoms with Crippen LogP contribution in [0.1, 0.15) is 17.4 Å². The van der Waals surface area contributed by atoms with Crippen LogP contribution in [0.2, 0.25) is 15.1 Å². The van der Waals surface area contributed by atoms with Crippen LogP contribution in [0, 0.1) is 0 Å². The van der Waals surface area contributed by atoms with Gasteiger partial charge >= 0.3 is 5.97 Å². The zero-order valence-electron chi connectivity index (χ0n) is 13.9. The monoisotopic (exact) mass is 430 g/mol. The van der Waals surface area contributed by atoms with E-state index in [0.717, 1.165) is 0 Å². The van der Waals surface area contributed by atoms with E-state index in [1.807, 2.05) is 0 Å². The van der Waals surface area contributed by atoms with Gasteiger partial charge in [-0.2, -0.15) is 0 Å². The van der Waals surface area contributed by atoms with Crippen LogP contribution in [0.5, 0.6) is 11.5 Å². The highest BCUT2D eigenvalue weighted by Gasteiger charge is 2.24. The van der Waals surface area contributed by atoms with Crippen molar-refractivity contribution in [2.75, 3.05) is 18.5 Å². The molecule has 0 saturated heterocycles. The van der Waals surface area contributed by atoms with E-state index in [1.165, 1.54) is 13.1 Å². The highest BCUT2D eigenvalue weighted by Crippen LogP contribution is 2.33. The molecule has 0 fully saturated rings. The topological polar surface area (TPSA) is 86.8 Å². The van der Waals surface area contributed by atoms with E-state index in [0.29, 0.717) is 30.4 Å². The van der Waals surface area contributed by atoms with E-state index >= 15 is 0 Å². The SMILES string of the molecule is C[C@H](OC(=O)c1ncc(Cl)c(Cl)c1Cl)C(=O)Nc1ccc2c(c1)OCCO2. The van der Waals surface area contributed by atoms with Gasteiger partial charge in [0.15, 0.2) is 23.3 Å². The molecular formula is C17H13Cl3N2O5. The number of aromatic nitrogens is 1. The second-order valence-corrected chi connectivity index (χ2v) is 6.64. The first kappa shape index (κ1) is 19.5. The summed E-state index contributed by atoms with van der Waals surface area (Å²) in [4.78, 5) is 28.3. The molecule has 27 heavy (non-hydrogen) atoms. The van der Waals surface area contributed by atoms with Gasteiger partial charge in [-0.15, -0.1) is 0 Å². The van der Waals surface area contributed by atoms with Crippen LogP contribution in [0.3, 0.4) is 0 Å². The highest BCUT2D eigenvalue weighted by molar-refractivity contribution is 6.48. The van der Waals surface area contributed by atoms with Crippen molar-refractivity contribution in [3.8, 4) is 11.5 Å². The second kappa shape index (κ2) is 8.21. The molecule has 2 heterocycles. The minimum atomic E-state index is -1.11. The van der Waals surface area contributed by atoms with E-state index in [9.17, 15) is 9.59 Å². The molecule has 1 aromatic heterocycles. The average molecular weight is 432 g/mol. The molecular weight excluding hydrogens is 419 g/mol. The van der Waals surface area contributed by atoms with Crippen molar-refractivity contribution in [1.82, 2.24) is 4.98 Å². The molecule has 0 saturated carbocycles. The third-order valence-corrected chi connectivity index (χ3v) is 4.81. The first-order valence-corrected chi connectivity index (χ1v) is 8.91. The summed E-state index contributed by atoms with van der Waals surface area (Å²) in [6, 6.07) is 4.95. The van der Waals surface area contributed by atoms with Crippen molar-refractivity contribution in [1.29, 1.82) is 0 Å². The summed E-state index contributed by atoms with van der Waals surface area (Å²) < 4.78 is 16.0. The zero-order chi connectivity index (χ0) is 19.6. The fourth-order valence-electron chi connectivity index (χ4n) is 2.22. The third-order valence-electron chi connectivity index (χ3n) is 3.57. The number of fused-ring (bicyclic) bond motifs is 1. The van der Waals surface area contributed by atoms with Crippen molar-refractivity contribution in [3.05, 3.63) is 45.2 Å². The van der Waals surface area contributed by atoms with Crippen molar-refractivity contribution < 1.29 is 23.8 Å². The van der Waals surface area contributed by atoms with Crippen LogP contribution in [0.4, 0.5) is 5.69 Å². The first-order chi connectivity index (χ1) is 12.9. The molecule has 0 radical (unpaired) electrons. The third kappa shape index (κ3) is 4.37. The lowest BCUT2D eigenvalue weighted by Gasteiger charge is -2.19. The van der Waals surface area contributed by atoms with Crippen LogP contribution in [-0.2, 0) is 9.53 Å². The number of esters is 1. The summed E-state index contributed by atoms with van der Waals surface area (Å²) in [5, 5.41) is 2.57. The fourth-order valence-corrected chi connectivity index (χ4v) is 2.78. The number of rotatable bonds is 4. The van der Waals surface area contributed by atoms with Crippen molar-refractivity contribution >= 4 is 52.4 Å². The van der Waals surface area contributed by atoms with Gasteiger partial charge < -0.3 is 19.5 Å². The summed E-state index contributed by atoms with van der Waals surface area (Å²) in [6.07, 6.45) is 0.0600. The molecule has 7 nitrogen and oxygen atoms in total. The Kier molecular flexibility index (Phi) is 5.94. The number of amides is 1. The number of halogens is 3. The number of hydrogen-bond donors (Lipinski definition) is 1. The van der Waals surface area contributed by atoms with Gasteiger partial charge in [0.05, 0.1) is 15.1 Å². The maximum atomic E-state index is 12.3. The normalized spacial score (nSPS) is 13.6. The van der Waals surface area contributed by atoms with Gasteiger partial charge in [-0.3, -0.25) is 4.79 Å². The molecule has 0 spiro atoms. The summed E-state index contributed by atoms with van der Waals surface area (Å²) in [7, 11) is 0. The second-order valence-electron chi connectivity index (χ2n) is 5.48. The number of carbonyl (C=O) groups is 2. The van der Waals surface area contributed by atoms with Crippen LogP contribution in [0.25, 0.3) is 0 Å². The van der Waals surface area contributed by atoms with E-state index in [-0.39, 0.29) is 20.8 Å². The number of hydrogen-bond acceptors (Lipinski definition) is 6. The number of carbonyl (C=O) groups excluding carboxylic acids is 2. The summed E-state index contributed by atoms with van der Waals surface area (Å²) in [5.41, 5.74) is 0.239. The van der Waals surface area contributed by atoms with E-state index in [4.69, 9.17) is 49.0 Å². The average Bonchev–Trinajstić information content (AvgIpc) is 2.66. The summed E-state index contributed by atoms with van der Waals surface area (Å²) in [5.74, 6) is -0.325. The molecule has 0 aliphatic carbocycles. The minimum absolute atomic E-state index is 0.0198. The Morgan fingerprint density at radius 2 is 1.85 bits per heavy atom. The Labute approximate surface area is 169 Å². The molecule has 1 aliphatic heterocycles. The Hall–Kier alpha value is -2.22. The number of anilines is 1. The van der Waals surface area contributed by atoms with Gasteiger partial charge in [0.25, 0.3) is 5.91 Å². The molecule has 0 bridgehead atoms. The zero-order valence-corrected chi connectivity index (χ0v) is 16.2. The molecule has 3 rings (SSSR count). The van der Waals surface area contributed by atoms with Gasteiger partial charge in [0, 0.05) is 18.0 Å². The Bertz CT molecular complexity index is 906. The van der Waals surface area contributed by atoms with Gasteiger partial charge in [-0.1, -0.05) is 34.8 Å². The molecule has 2 aromatic rings. The number of ether oxygens (including phenoxy) is 3. The molecule has 1 N–H and O–H groups in total. The number of nitrogens with zero attached hydrogens (tertiary/aromatic N) is 1. The van der Waals surface area contributed by atoms with E-state index in [2.05, 4.69) is 10.3 Å². The highest BCUT2D eigenvalue weighted by atomic mass is 35.5. The van der Waals surface area contributed by atoms with E-state index < -0.39 is 18.0 Å². The Balaban J connectivity index is 1.65.